The number of benzene rings is 2. The van der Waals surface area contributed by atoms with E-state index in [0.717, 1.165) is 18.0 Å². The van der Waals surface area contributed by atoms with E-state index in [9.17, 15) is 0 Å². The summed E-state index contributed by atoms with van der Waals surface area (Å²) in [6, 6.07) is 19.7. The lowest BCUT2D eigenvalue weighted by molar-refractivity contribution is 0.415. The van der Waals surface area contributed by atoms with Crippen molar-refractivity contribution in [2.75, 3.05) is 17.7 Å². The van der Waals surface area contributed by atoms with Crippen molar-refractivity contribution in [3.8, 4) is 5.75 Å². The molecule has 0 fully saturated rings. The highest BCUT2D eigenvalue weighted by atomic mass is 32.1. The number of hydrogen-bond donors (Lipinski definition) is 2. The summed E-state index contributed by atoms with van der Waals surface area (Å²) in [5.41, 5.74) is 2.06. The first kappa shape index (κ1) is 16.0. The Morgan fingerprint density at radius 2 is 1.92 bits per heavy atom. The molecule has 0 radical (unpaired) electrons. The first-order valence-corrected chi connectivity index (χ1v) is 7.93. The zero-order valence-corrected chi connectivity index (χ0v) is 14.1. The van der Waals surface area contributed by atoms with Crippen LogP contribution in [0.3, 0.4) is 0 Å². The minimum Gasteiger partial charge on any atom is -0.497 e. The summed E-state index contributed by atoms with van der Waals surface area (Å²) in [6.45, 7) is 0.721. The number of thiocarbonyl (C=S) groups is 1. The fourth-order valence-electron chi connectivity index (χ4n) is 2.27. The van der Waals surface area contributed by atoms with E-state index in [1.54, 1.807) is 7.11 Å². The monoisotopic (exact) mass is 338 g/mol. The smallest absolute Gasteiger partial charge is 0.176 e. The number of anilines is 2. The molecule has 2 N–H and O–H groups in total. The van der Waals surface area contributed by atoms with E-state index >= 15 is 0 Å². The Balaban J connectivity index is 1.58. The number of aromatic nitrogens is 2. The third kappa shape index (κ3) is 4.33. The summed E-state index contributed by atoms with van der Waals surface area (Å²) in [7, 11) is 1.63. The molecule has 0 aliphatic rings. The summed E-state index contributed by atoms with van der Waals surface area (Å²) < 4.78 is 7.06. The van der Waals surface area contributed by atoms with Gasteiger partial charge in [-0.25, -0.2) is 0 Å². The molecule has 6 heteroatoms. The number of nitrogens with zero attached hydrogens (tertiary/aromatic N) is 2. The Labute approximate surface area is 146 Å². The summed E-state index contributed by atoms with van der Waals surface area (Å²) >= 11 is 5.32. The standard InChI is InChI=1S/C18H18N4OS/c1-23-16-9-5-8-15(12-16)19-18(24)20-17-10-11-22(21-17)13-14-6-3-2-4-7-14/h2-12H,13H2,1H3,(H2,19,20,21,24). The van der Waals surface area contributed by atoms with Crippen LogP contribution in [0.2, 0.25) is 0 Å². The third-order valence-corrected chi connectivity index (χ3v) is 3.60. The summed E-state index contributed by atoms with van der Waals surface area (Å²) in [4.78, 5) is 0. The van der Waals surface area contributed by atoms with Gasteiger partial charge in [-0.2, -0.15) is 5.10 Å². The van der Waals surface area contributed by atoms with Crippen molar-refractivity contribution in [3.05, 3.63) is 72.4 Å². The second-order valence-corrected chi connectivity index (χ2v) is 5.60. The summed E-state index contributed by atoms with van der Waals surface area (Å²) in [5.74, 6) is 1.47. The molecule has 0 spiro atoms. The van der Waals surface area contributed by atoms with E-state index < -0.39 is 0 Å². The van der Waals surface area contributed by atoms with E-state index in [0.29, 0.717) is 10.9 Å². The third-order valence-electron chi connectivity index (χ3n) is 3.40. The van der Waals surface area contributed by atoms with Gasteiger partial charge in [-0.1, -0.05) is 36.4 Å². The molecule has 0 amide bonds. The number of methoxy groups -OCH3 is 1. The summed E-state index contributed by atoms with van der Waals surface area (Å²) in [6.07, 6.45) is 1.92. The Bertz CT molecular complexity index is 817. The maximum Gasteiger partial charge on any atom is 0.176 e. The van der Waals surface area contributed by atoms with Gasteiger partial charge in [-0.3, -0.25) is 4.68 Å². The van der Waals surface area contributed by atoms with Crippen molar-refractivity contribution >= 4 is 28.8 Å². The molecular weight excluding hydrogens is 320 g/mol. The van der Waals surface area contributed by atoms with Gasteiger partial charge >= 0.3 is 0 Å². The van der Waals surface area contributed by atoms with Gasteiger partial charge in [0.05, 0.1) is 13.7 Å². The molecule has 0 aliphatic heterocycles. The normalized spacial score (nSPS) is 10.2. The van der Waals surface area contributed by atoms with Crippen LogP contribution in [0.4, 0.5) is 11.5 Å². The molecule has 1 aromatic heterocycles. The summed E-state index contributed by atoms with van der Waals surface area (Å²) in [5, 5.41) is 11.2. The number of rotatable bonds is 5. The highest BCUT2D eigenvalue weighted by molar-refractivity contribution is 7.80. The SMILES string of the molecule is COc1cccc(NC(=S)Nc2ccn(Cc3ccccc3)n2)c1. The topological polar surface area (TPSA) is 51.1 Å². The van der Waals surface area contributed by atoms with Gasteiger partial charge in [0.25, 0.3) is 0 Å². The molecular formula is C18H18N4OS. The molecule has 3 rings (SSSR count). The number of hydrogen-bond acceptors (Lipinski definition) is 3. The molecule has 0 bridgehead atoms. The van der Waals surface area contributed by atoms with Gasteiger partial charge in [0.2, 0.25) is 0 Å². The van der Waals surface area contributed by atoms with E-state index in [1.807, 2.05) is 59.4 Å². The molecule has 122 valence electrons. The van der Waals surface area contributed by atoms with Crippen LogP contribution in [0.5, 0.6) is 5.75 Å². The van der Waals surface area contributed by atoms with Crippen LogP contribution in [0, 0.1) is 0 Å². The molecule has 0 aliphatic carbocycles. The predicted octanol–water partition coefficient (Wildman–Crippen LogP) is 3.75. The fourth-order valence-corrected chi connectivity index (χ4v) is 2.49. The minimum absolute atomic E-state index is 0.480. The van der Waals surface area contributed by atoms with E-state index in [2.05, 4.69) is 27.9 Å². The van der Waals surface area contributed by atoms with Crippen molar-refractivity contribution in [2.45, 2.75) is 6.54 Å². The molecule has 1 heterocycles. The van der Waals surface area contributed by atoms with Crippen molar-refractivity contribution < 1.29 is 4.74 Å². The molecule has 3 aromatic rings. The van der Waals surface area contributed by atoms with Crippen LogP contribution in [0.15, 0.2) is 66.9 Å². The van der Waals surface area contributed by atoms with Gasteiger partial charge in [0, 0.05) is 24.0 Å². The predicted molar refractivity (Wildman–Crippen MR) is 101 cm³/mol. The van der Waals surface area contributed by atoms with Crippen molar-refractivity contribution in [3.63, 3.8) is 0 Å². The second-order valence-electron chi connectivity index (χ2n) is 5.20. The lowest BCUT2D eigenvalue weighted by atomic mass is 10.2. The zero-order chi connectivity index (χ0) is 16.8. The Morgan fingerprint density at radius 1 is 1.08 bits per heavy atom. The van der Waals surface area contributed by atoms with E-state index in [1.165, 1.54) is 5.56 Å². The lowest BCUT2D eigenvalue weighted by Gasteiger charge is -2.09. The highest BCUT2D eigenvalue weighted by Crippen LogP contribution is 2.17. The molecule has 0 saturated heterocycles. The van der Waals surface area contributed by atoms with Crippen LogP contribution in [-0.4, -0.2) is 22.0 Å². The van der Waals surface area contributed by atoms with Gasteiger partial charge in [-0.15, -0.1) is 0 Å². The average Bonchev–Trinajstić information content (AvgIpc) is 3.02. The molecule has 0 unspecified atom stereocenters. The number of ether oxygens (including phenoxy) is 1. The highest BCUT2D eigenvalue weighted by Gasteiger charge is 2.04. The quantitative estimate of drug-likeness (QED) is 0.694. The van der Waals surface area contributed by atoms with Gasteiger partial charge in [0.1, 0.15) is 5.75 Å². The van der Waals surface area contributed by atoms with Gasteiger partial charge in [0.15, 0.2) is 10.9 Å². The first-order chi connectivity index (χ1) is 11.7. The van der Waals surface area contributed by atoms with Crippen LogP contribution in [0.1, 0.15) is 5.56 Å². The Morgan fingerprint density at radius 3 is 2.71 bits per heavy atom. The zero-order valence-electron chi connectivity index (χ0n) is 13.3. The second kappa shape index (κ2) is 7.61. The maximum atomic E-state index is 5.32. The average molecular weight is 338 g/mol. The molecule has 2 aromatic carbocycles. The van der Waals surface area contributed by atoms with Gasteiger partial charge in [-0.05, 0) is 29.9 Å². The molecule has 0 atom stereocenters. The molecule has 0 saturated carbocycles. The van der Waals surface area contributed by atoms with E-state index in [4.69, 9.17) is 17.0 Å². The van der Waals surface area contributed by atoms with Crippen LogP contribution in [0.25, 0.3) is 0 Å². The largest absolute Gasteiger partial charge is 0.497 e. The number of nitrogens with one attached hydrogen (secondary N) is 2. The maximum absolute atomic E-state index is 5.32. The van der Waals surface area contributed by atoms with Crippen molar-refractivity contribution in [1.29, 1.82) is 0 Å². The Hall–Kier alpha value is -2.86. The van der Waals surface area contributed by atoms with Crippen LogP contribution in [-0.2, 0) is 6.54 Å². The molecule has 24 heavy (non-hydrogen) atoms. The van der Waals surface area contributed by atoms with Gasteiger partial charge < -0.3 is 15.4 Å². The molecule has 5 nitrogen and oxygen atoms in total. The fraction of sp³-hybridized carbons (Fsp3) is 0.111. The lowest BCUT2D eigenvalue weighted by Crippen LogP contribution is -2.19. The minimum atomic E-state index is 0.480. The first-order valence-electron chi connectivity index (χ1n) is 7.52. The van der Waals surface area contributed by atoms with E-state index in [-0.39, 0.29) is 0 Å². The van der Waals surface area contributed by atoms with Crippen LogP contribution >= 0.6 is 12.2 Å². The van der Waals surface area contributed by atoms with Crippen LogP contribution < -0.4 is 15.4 Å². The van der Waals surface area contributed by atoms with Crippen molar-refractivity contribution in [1.82, 2.24) is 9.78 Å². The van der Waals surface area contributed by atoms with Crippen molar-refractivity contribution in [2.24, 2.45) is 0 Å². The Kier molecular flexibility index (Phi) is 5.08.